The van der Waals surface area contributed by atoms with Crippen LogP contribution in [0.15, 0.2) is 0 Å². The Kier molecular flexibility index (Phi) is 12.1. The number of unbranched alkanes of at least 4 members (excludes halogenated alkanes) is 6. The first-order valence-electron chi connectivity index (χ1n) is 6.79. The lowest BCUT2D eigenvalue weighted by Crippen LogP contribution is -2.09. The van der Waals surface area contributed by atoms with Crippen LogP contribution < -0.4 is 0 Å². The van der Waals surface area contributed by atoms with E-state index in [1.807, 2.05) is 0 Å². The molecule has 1 atom stereocenters. The molecule has 0 saturated carbocycles. The van der Waals surface area contributed by atoms with Crippen LogP contribution in [0.1, 0.15) is 71.6 Å². The highest BCUT2D eigenvalue weighted by molar-refractivity contribution is 4.67. The van der Waals surface area contributed by atoms with Crippen LogP contribution in [-0.4, -0.2) is 12.7 Å². The fourth-order valence-corrected chi connectivity index (χ4v) is 1.71. The maximum Gasteiger partial charge on any atom is 0.0621 e. The lowest BCUT2D eigenvalue weighted by molar-refractivity contribution is 0.0558. The lowest BCUT2D eigenvalue weighted by atomic mass is 10.1. The predicted molar refractivity (Wildman–Crippen MR) is 68.3 cm³/mol. The van der Waals surface area contributed by atoms with Gasteiger partial charge in [0.05, 0.1) is 12.2 Å². The van der Waals surface area contributed by atoms with E-state index >= 15 is 0 Å². The van der Waals surface area contributed by atoms with Crippen LogP contribution in [0.3, 0.4) is 0 Å². The van der Waals surface area contributed by atoms with Gasteiger partial charge in [-0.3, -0.25) is 0 Å². The van der Waals surface area contributed by atoms with Gasteiger partial charge < -0.3 is 4.74 Å². The Morgan fingerprint density at radius 2 is 1.81 bits per heavy atom. The number of nitriles is 1. The molecule has 0 rings (SSSR count). The summed E-state index contributed by atoms with van der Waals surface area (Å²) >= 11 is 0. The van der Waals surface area contributed by atoms with Gasteiger partial charge in [0.2, 0.25) is 0 Å². The maximum atomic E-state index is 8.37. The van der Waals surface area contributed by atoms with E-state index in [0.29, 0.717) is 12.5 Å². The minimum Gasteiger partial charge on any atom is -0.379 e. The van der Waals surface area contributed by atoms with Crippen LogP contribution in [0.25, 0.3) is 0 Å². The van der Waals surface area contributed by atoms with Crippen molar-refractivity contribution in [2.75, 3.05) is 6.61 Å². The summed E-state index contributed by atoms with van der Waals surface area (Å²) in [6.45, 7) is 5.27. The second-order valence-electron chi connectivity index (χ2n) is 4.50. The van der Waals surface area contributed by atoms with Gasteiger partial charge in [-0.05, 0) is 26.2 Å². The average Bonchev–Trinajstić information content (AvgIpc) is 2.29. The van der Waals surface area contributed by atoms with Crippen molar-refractivity contribution in [1.29, 1.82) is 5.26 Å². The Labute approximate surface area is 101 Å². The Hall–Kier alpha value is -0.550. The van der Waals surface area contributed by atoms with Gasteiger partial charge in [-0.25, -0.2) is 0 Å². The van der Waals surface area contributed by atoms with Gasteiger partial charge in [-0.15, -0.1) is 0 Å². The summed E-state index contributed by atoms with van der Waals surface area (Å²) in [6, 6.07) is 2.17. The zero-order chi connectivity index (χ0) is 12.1. The Balaban J connectivity index is 3.11. The molecule has 0 amide bonds. The molecule has 0 bridgehead atoms. The first kappa shape index (κ1) is 15.4. The quantitative estimate of drug-likeness (QED) is 0.487. The molecule has 16 heavy (non-hydrogen) atoms. The summed E-state index contributed by atoms with van der Waals surface area (Å²) in [4.78, 5) is 0. The van der Waals surface area contributed by atoms with Gasteiger partial charge in [-0.1, -0.05) is 39.0 Å². The van der Waals surface area contributed by atoms with Crippen LogP contribution in [0.4, 0.5) is 0 Å². The van der Waals surface area contributed by atoms with Crippen LogP contribution in [-0.2, 0) is 4.74 Å². The molecule has 0 aromatic carbocycles. The molecular formula is C14H27NO. The third-order valence-electron chi connectivity index (χ3n) is 2.80. The molecule has 0 fully saturated rings. The molecule has 2 nitrogen and oxygen atoms in total. The molecular weight excluding hydrogens is 198 g/mol. The second-order valence-corrected chi connectivity index (χ2v) is 4.50. The first-order chi connectivity index (χ1) is 7.81. The molecule has 0 N–H and O–H groups in total. The van der Waals surface area contributed by atoms with Crippen molar-refractivity contribution in [2.24, 2.45) is 0 Å². The van der Waals surface area contributed by atoms with E-state index in [1.165, 1.54) is 32.1 Å². The van der Waals surface area contributed by atoms with Crippen LogP contribution in [0, 0.1) is 11.3 Å². The van der Waals surface area contributed by atoms with E-state index in [1.54, 1.807) is 0 Å². The number of rotatable bonds is 11. The van der Waals surface area contributed by atoms with Crippen molar-refractivity contribution in [3.63, 3.8) is 0 Å². The SMILES string of the molecule is CCCCCCC(C)OCCCCCC#N. The van der Waals surface area contributed by atoms with Crippen LogP contribution in [0.2, 0.25) is 0 Å². The largest absolute Gasteiger partial charge is 0.379 e. The predicted octanol–water partition coefficient (Wildman–Crippen LogP) is 4.45. The summed E-state index contributed by atoms with van der Waals surface area (Å²) in [7, 11) is 0. The van der Waals surface area contributed by atoms with Gasteiger partial charge in [0, 0.05) is 13.0 Å². The fourth-order valence-electron chi connectivity index (χ4n) is 1.71. The molecule has 0 aromatic rings. The topological polar surface area (TPSA) is 33.0 Å². The molecule has 0 heterocycles. The number of hydrogen-bond acceptors (Lipinski definition) is 2. The minimum atomic E-state index is 0.410. The molecule has 0 aliphatic heterocycles. The van der Waals surface area contributed by atoms with E-state index in [0.717, 1.165) is 25.9 Å². The summed E-state index contributed by atoms with van der Waals surface area (Å²) in [5.41, 5.74) is 0. The van der Waals surface area contributed by atoms with Gasteiger partial charge in [0.1, 0.15) is 0 Å². The van der Waals surface area contributed by atoms with Crippen LogP contribution >= 0.6 is 0 Å². The van der Waals surface area contributed by atoms with Crippen molar-refractivity contribution >= 4 is 0 Å². The van der Waals surface area contributed by atoms with Crippen molar-refractivity contribution < 1.29 is 4.74 Å². The number of ether oxygens (including phenoxy) is 1. The summed E-state index contributed by atoms with van der Waals surface area (Å²) in [5, 5.41) is 8.37. The highest BCUT2D eigenvalue weighted by atomic mass is 16.5. The second kappa shape index (κ2) is 12.5. The Morgan fingerprint density at radius 3 is 2.50 bits per heavy atom. The molecule has 0 spiro atoms. The Bertz CT molecular complexity index is 174. The molecule has 1 unspecified atom stereocenters. The average molecular weight is 225 g/mol. The van der Waals surface area contributed by atoms with Gasteiger partial charge in [0.15, 0.2) is 0 Å². The molecule has 0 saturated heterocycles. The molecule has 0 aliphatic rings. The fraction of sp³-hybridized carbons (Fsp3) is 0.929. The van der Waals surface area contributed by atoms with E-state index in [9.17, 15) is 0 Å². The van der Waals surface area contributed by atoms with E-state index < -0.39 is 0 Å². The normalized spacial score (nSPS) is 12.3. The number of nitrogens with zero attached hydrogens (tertiary/aromatic N) is 1. The van der Waals surface area contributed by atoms with E-state index in [-0.39, 0.29) is 0 Å². The molecule has 2 heteroatoms. The van der Waals surface area contributed by atoms with E-state index in [2.05, 4.69) is 19.9 Å². The van der Waals surface area contributed by atoms with Gasteiger partial charge >= 0.3 is 0 Å². The highest BCUT2D eigenvalue weighted by Crippen LogP contribution is 2.08. The Morgan fingerprint density at radius 1 is 1.06 bits per heavy atom. The van der Waals surface area contributed by atoms with Crippen LogP contribution in [0.5, 0.6) is 0 Å². The lowest BCUT2D eigenvalue weighted by Gasteiger charge is -2.12. The molecule has 94 valence electrons. The van der Waals surface area contributed by atoms with Gasteiger partial charge in [-0.2, -0.15) is 5.26 Å². The summed E-state index contributed by atoms with van der Waals surface area (Å²) in [5.74, 6) is 0. The molecule has 0 aromatic heterocycles. The third kappa shape index (κ3) is 11.5. The van der Waals surface area contributed by atoms with Gasteiger partial charge in [0.25, 0.3) is 0 Å². The highest BCUT2D eigenvalue weighted by Gasteiger charge is 2.01. The van der Waals surface area contributed by atoms with Crippen molar-refractivity contribution in [3.05, 3.63) is 0 Å². The van der Waals surface area contributed by atoms with Crippen molar-refractivity contribution in [2.45, 2.75) is 77.7 Å². The minimum absolute atomic E-state index is 0.410. The van der Waals surface area contributed by atoms with E-state index in [4.69, 9.17) is 10.00 Å². The summed E-state index contributed by atoms with van der Waals surface area (Å²) < 4.78 is 5.72. The zero-order valence-corrected chi connectivity index (χ0v) is 11.0. The molecule has 0 radical (unpaired) electrons. The van der Waals surface area contributed by atoms with Crippen molar-refractivity contribution in [3.8, 4) is 6.07 Å². The molecule has 0 aliphatic carbocycles. The first-order valence-corrected chi connectivity index (χ1v) is 6.79. The van der Waals surface area contributed by atoms with Crippen molar-refractivity contribution in [1.82, 2.24) is 0 Å². The monoisotopic (exact) mass is 225 g/mol. The summed E-state index contributed by atoms with van der Waals surface area (Å²) in [6.07, 6.45) is 10.8. The third-order valence-corrected chi connectivity index (χ3v) is 2.80. The standard InChI is InChI=1S/C14H27NO/c1-3-4-5-8-11-14(2)16-13-10-7-6-9-12-15/h14H,3-11,13H2,1-2H3. The number of hydrogen-bond donors (Lipinski definition) is 0. The smallest absolute Gasteiger partial charge is 0.0621 e. The zero-order valence-electron chi connectivity index (χ0n) is 11.0. The maximum absolute atomic E-state index is 8.37.